The number of aromatic amines is 1. The highest BCUT2D eigenvalue weighted by Gasteiger charge is 2.26. The maximum absolute atomic E-state index is 12.6. The molecule has 0 saturated carbocycles. The van der Waals surface area contributed by atoms with Crippen LogP contribution in [0.2, 0.25) is 5.02 Å². The topological polar surface area (TPSA) is 116 Å². The summed E-state index contributed by atoms with van der Waals surface area (Å²) in [7, 11) is 0. The van der Waals surface area contributed by atoms with Crippen LogP contribution in [0.15, 0.2) is 23.0 Å². The lowest BCUT2D eigenvalue weighted by molar-refractivity contribution is -0.126. The largest absolute Gasteiger partial charge is 0.444 e. The molecule has 32 heavy (non-hydrogen) atoms. The van der Waals surface area contributed by atoms with Crippen LogP contribution in [-0.4, -0.2) is 58.6 Å². The lowest BCUT2D eigenvalue weighted by Gasteiger charge is -2.31. The van der Waals surface area contributed by atoms with Crippen molar-refractivity contribution >= 4 is 34.5 Å². The van der Waals surface area contributed by atoms with Crippen molar-refractivity contribution < 1.29 is 14.3 Å². The van der Waals surface area contributed by atoms with E-state index in [9.17, 15) is 14.4 Å². The summed E-state index contributed by atoms with van der Waals surface area (Å²) in [6, 6.07) is 5.04. The number of hydrogen-bond acceptors (Lipinski definition) is 6. The maximum atomic E-state index is 12.6. The number of benzene rings is 1. The van der Waals surface area contributed by atoms with Crippen molar-refractivity contribution in [2.24, 2.45) is 5.92 Å². The highest BCUT2D eigenvalue weighted by molar-refractivity contribution is 6.31. The number of carbonyl (C=O) groups excluding carboxylic acids is 2. The summed E-state index contributed by atoms with van der Waals surface area (Å²) in [6.45, 7) is 7.86. The number of amides is 2. The van der Waals surface area contributed by atoms with Crippen molar-refractivity contribution in [1.82, 2.24) is 25.5 Å². The Hall–Kier alpha value is -2.65. The third-order valence-electron chi connectivity index (χ3n) is 5.06. The number of nitrogens with zero attached hydrogens (tertiary/aromatic N) is 2. The summed E-state index contributed by atoms with van der Waals surface area (Å²) in [5.41, 5.74) is -0.191. The molecule has 0 radical (unpaired) electrons. The third-order valence-corrected chi connectivity index (χ3v) is 5.29. The first-order valence-electron chi connectivity index (χ1n) is 10.8. The molecule has 1 aromatic heterocycles. The number of halogens is 1. The number of likely N-dealkylation sites (tertiary alicyclic amines) is 1. The molecule has 1 atom stereocenters. The monoisotopic (exact) mass is 463 g/mol. The molecule has 3 rings (SSSR count). The molecular weight excluding hydrogens is 434 g/mol. The number of rotatable bonds is 6. The molecule has 9 nitrogen and oxygen atoms in total. The molecule has 3 N–H and O–H groups in total. The van der Waals surface area contributed by atoms with Crippen molar-refractivity contribution in [1.29, 1.82) is 0 Å². The van der Waals surface area contributed by atoms with E-state index in [0.717, 1.165) is 19.4 Å². The second-order valence-corrected chi connectivity index (χ2v) is 9.40. The molecule has 1 fully saturated rings. The highest BCUT2D eigenvalue weighted by atomic mass is 35.5. The van der Waals surface area contributed by atoms with Gasteiger partial charge in [-0.2, -0.15) is 0 Å². The van der Waals surface area contributed by atoms with Crippen LogP contribution in [0.3, 0.4) is 0 Å². The maximum Gasteiger partial charge on any atom is 0.407 e. The molecule has 1 aliphatic heterocycles. The number of nitrogens with one attached hydrogen (secondary N) is 3. The normalized spacial score (nSPS) is 17.2. The standard InChI is InChI=1S/C22H30ClN5O4/c1-22(2,3)32-21(31)25-9-8-24-19(29)14-5-4-10-28(12-14)13-18-26-17-7-6-15(23)11-16(17)20(30)27-18/h6-7,11,14H,4-5,8-10,12-13H2,1-3H3,(H,24,29)(H,25,31)(H,26,27,30). The van der Waals surface area contributed by atoms with Crippen molar-refractivity contribution in [2.75, 3.05) is 26.2 Å². The molecule has 0 spiro atoms. The number of H-pyrrole nitrogens is 1. The van der Waals surface area contributed by atoms with E-state index >= 15 is 0 Å². The van der Waals surface area contributed by atoms with Gasteiger partial charge in [-0.05, 0) is 58.4 Å². The second-order valence-electron chi connectivity index (χ2n) is 8.97. The Morgan fingerprint density at radius 1 is 1.28 bits per heavy atom. The minimum Gasteiger partial charge on any atom is -0.444 e. The lowest BCUT2D eigenvalue weighted by Crippen LogP contribution is -2.45. The molecule has 0 bridgehead atoms. The molecule has 0 aliphatic carbocycles. The Balaban J connectivity index is 1.49. The smallest absolute Gasteiger partial charge is 0.407 e. The molecule has 1 unspecified atom stereocenters. The van der Waals surface area contributed by atoms with Gasteiger partial charge in [0.15, 0.2) is 0 Å². The number of carbonyl (C=O) groups is 2. The van der Waals surface area contributed by atoms with Gasteiger partial charge in [-0.3, -0.25) is 14.5 Å². The van der Waals surface area contributed by atoms with Crippen LogP contribution in [0.25, 0.3) is 10.9 Å². The Morgan fingerprint density at radius 3 is 2.78 bits per heavy atom. The summed E-state index contributed by atoms with van der Waals surface area (Å²) in [5, 5.41) is 6.44. The number of fused-ring (bicyclic) bond motifs is 1. The van der Waals surface area contributed by atoms with Crippen molar-refractivity contribution in [3.05, 3.63) is 39.4 Å². The van der Waals surface area contributed by atoms with E-state index in [2.05, 4.69) is 25.5 Å². The zero-order valence-corrected chi connectivity index (χ0v) is 19.4. The van der Waals surface area contributed by atoms with Gasteiger partial charge in [0.25, 0.3) is 5.56 Å². The predicted molar refractivity (Wildman–Crippen MR) is 123 cm³/mol. The Morgan fingerprint density at radius 2 is 2.03 bits per heavy atom. The van der Waals surface area contributed by atoms with Crippen LogP contribution >= 0.6 is 11.6 Å². The molecule has 10 heteroatoms. The van der Waals surface area contributed by atoms with Crippen molar-refractivity contribution in [3.8, 4) is 0 Å². The van der Waals surface area contributed by atoms with Crippen LogP contribution < -0.4 is 16.2 Å². The van der Waals surface area contributed by atoms with Gasteiger partial charge in [0, 0.05) is 24.7 Å². The van der Waals surface area contributed by atoms with E-state index in [1.54, 1.807) is 39.0 Å². The van der Waals surface area contributed by atoms with Crippen molar-refractivity contribution in [3.63, 3.8) is 0 Å². The molecular formula is C22H30ClN5O4. The molecule has 174 valence electrons. The fourth-order valence-corrected chi connectivity index (χ4v) is 3.84. The average Bonchev–Trinajstić information content (AvgIpc) is 2.70. The van der Waals surface area contributed by atoms with Crippen LogP contribution in [0.4, 0.5) is 4.79 Å². The lowest BCUT2D eigenvalue weighted by atomic mass is 9.97. The van der Waals surface area contributed by atoms with Gasteiger partial charge in [0.2, 0.25) is 5.91 Å². The van der Waals surface area contributed by atoms with Crippen LogP contribution in [0.5, 0.6) is 0 Å². The highest BCUT2D eigenvalue weighted by Crippen LogP contribution is 2.19. The average molecular weight is 464 g/mol. The minimum atomic E-state index is -0.559. The number of piperidine rings is 1. The van der Waals surface area contributed by atoms with Gasteiger partial charge in [0.1, 0.15) is 11.4 Å². The molecule has 1 aliphatic rings. The molecule has 2 amide bonds. The Bertz CT molecular complexity index is 1030. The van der Waals surface area contributed by atoms with Crippen molar-refractivity contribution in [2.45, 2.75) is 45.8 Å². The van der Waals surface area contributed by atoms with E-state index in [-0.39, 0.29) is 17.4 Å². The van der Waals surface area contributed by atoms with Crippen LogP contribution in [0.1, 0.15) is 39.4 Å². The summed E-state index contributed by atoms with van der Waals surface area (Å²) in [5.74, 6) is 0.360. The first-order chi connectivity index (χ1) is 15.1. The summed E-state index contributed by atoms with van der Waals surface area (Å²) in [4.78, 5) is 46.0. The number of aromatic nitrogens is 2. The quantitative estimate of drug-likeness (QED) is 0.566. The van der Waals surface area contributed by atoms with Crippen LogP contribution in [-0.2, 0) is 16.1 Å². The molecule has 1 aromatic carbocycles. The minimum absolute atomic E-state index is 0.0460. The number of alkyl carbamates (subject to hydrolysis) is 1. The van der Waals surface area contributed by atoms with Gasteiger partial charge in [-0.15, -0.1) is 0 Å². The zero-order chi connectivity index (χ0) is 23.3. The fourth-order valence-electron chi connectivity index (χ4n) is 3.67. The number of hydrogen-bond donors (Lipinski definition) is 3. The Kier molecular flexibility index (Phi) is 7.73. The van der Waals surface area contributed by atoms with E-state index in [1.165, 1.54) is 0 Å². The zero-order valence-electron chi connectivity index (χ0n) is 18.7. The van der Waals surface area contributed by atoms with Gasteiger partial charge in [-0.1, -0.05) is 11.6 Å². The van der Waals surface area contributed by atoms with E-state index < -0.39 is 11.7 Å². The number of ether oxygens (including phenoxy) is 1. The summed E-state index contributed by atoms with van der Waals surface area (Å²) >= 11 is 5.96. The first-order valence-corrected chi connectivity index (χ1v) is 11.1. The summed E-state index contributed by atoms with van der Waals surface area (Å²) < 4.78 is 5.17. The van der Waals surface area contributed by atoms with Crippen LogP contribution in [0, 0.1) is 5.92 Å². The SMILES string of the molecule is CC(C)(C)OC(=O)NCCNC(=O)C1CCCN(Cc2nc3ccc(Cl)cc3c(=O)[nH]2)C1. The fraction of sp³-hybridized carbons (Fsp3) is 0.545. The van der Waals surface area contributed by atoms with E-state index in [0.29, 0.717) is 47.9 Å². The van der Waals surface area contributed by atoms with Gasteiger partial charge in [0.05, 0.1) is 23.4 Å². The van der Waals surface area contributed by atoms with Gasteiger partial charge in [-0.25, -0.2) is 9.78 Å². The molecule has 2 heterocycles. The second kappa shape index (κ2) is 10.3. The van der Waals surface area contributed by atoms with Gasteiger partial charge < -0.3 is 20.4 Å². The Labute approximate surface area is 191 Å². The summed E-state index contributed by atoms with van der Waals surface area (Å²) in [6.07, 6.45) is 1.17. The molecule has 1 saturated heterocycles. The van der Waals surface area contributed by atoms with E-state index in [4.69, 9.17) is 16.3 Å². The van der Waals surface area contributed by atoms with E-state index in [1.807, 2.05) is 0 Å². The predicted octanol–water partition coefficient (Wildman–Crippen LogP) is 2.43. The third kappa shape index (κ3) is 6.93. The molecule has 2 aromatic rings. The van der Waals surface area contributed by atoms with Gasteiger partial charge >= 0.3 is 6.09 Å². The first kappa shape index (κ1) is 24.0.